The number of rotatable bonds is 3. The van der Waals surface area contributed by atoms with Crippen LogP contribution in [-0.4, -0.2) is 12.9 Å². The Kier molecular flexibility index (Phi) is 4.05. The molecule has 1 aromatic carbocycles. The van der Waals surface area contributed by atoms with Crippen molar-refractivity contribution >= 4 is 5.78 Å². The van der Waals surface area contributed by atoms with Crippen LogP contribution in [0.5, 0.6) is 5.75 Å². The van der Waals surface area contributed by atoms with E-state index in [0.717, 1.165) is 18.4 Å². The van der Waals surface area contributed by atoms with Gasteiger partial charge in [0.2, 0.25) is 0 Å². The third kappa shape index (κ3) is 2.74. The minimum absolute atomic E-state index is 0.167. The lowest BCUT2D eigenvalue weighted by atomic mass is 9.74. The highest BCUT2D eigenvalue weighted by atomic mass is 16.5. The van der Waals surface area contributed by atoms with Crippen molar-refractivity contribution in [3.05, 3.63) is 29.8 Å². The van der Waals surface area contributed by atoms with E-state index in [9.17, 15) is 4.79 Å². The summed E-state index contributed by atoms with van der Waals surface area (Å²) in [4.78, 5) is 12.6. The van der Waals surface area contributed by atoms with Gasteiger partial charge in [0.1, 0.15) is 5.75 Å². The van der Waals surface area contributed by atoms with E-state index in [4.69, 9.17) is 4.74 Å². The minimum Gasteiger partial charge on any atom is -0.496 e. The Balaban J connectivity index is 2.20. The summed E-state index contributed by atoms with van der Waals surface area (Å²) in [5.74, 6) is 2.43. The van der Waals surface area contributed by atoms with Crippen molar-refractivity contribution in [3.63, 3.8) is 0 Å². The molecule has 0 bridgehead atoms. The van der Waals surface area contributed by atoms with Crippen molar-refractivity contribution in [1.82, 2.24) is 0 Å². The lowest BCUT2D eigenvalue weighted by Crippen LogP contribution is -2.26. The largest absolute Gasteiger partial charge is 0.496 e. The molecule has 0 N–H and O–H groups in total. The number of benzene rings is 1. The van der Waals surface area contributed by atoms with Gasteiger partial charge in [-0.2, -0.15) is 0 Å². The number of hydrogen-bond donors (Lipinski definition) is 0. The van der Waals surface area contributed by atoms with E-state index >= 15 is 0 Å². The number of hydrogen-bond acceptors (Lipinski definition) is 2. The van der Waals surface area contributed by atoms with Crippen molar-refractivity contribution in [2.45, 2.75) is 33.1 Å². The molecule has 2 unspecified atom stereocenters. The van der Waals surface area contributed by atoms with Crippen LogP contribution in [0, 0.1) is 17.8 Å². The Morgan fingerprint density at radius 2 is 1.72 bits per heavy atom. The lowest BCUT2D eigenvalue weighted by molar-refractivity contribution is 0.0833. The maximum absolute atomic E-state index is 12.6. The molecule has 0 aromatic heterocycles. The van der Waals surface area contributed by atoms with Gasteiger partial charge in [0, 0.05) is 5.92 Å². The quantitative estimate of drug-likeness (QED) is 0.755. The third-order valence-corrected chi connectivity index (χ3v) is 3.92. The SMILES string of the molecule is COc1ccccc1C(=O)C1CC(C)CC(C)C1. The summed E-state index contributed by atoms with van der Waals surface area (Å²) in [7, 11) is 1.62. The van der Waals surface area contributed by atoms with E-state index in [1.165, 1.54) is 6.42 Å². The molecule has 2 rings (SSSR count). The summed E-state index contributed by atoms with van der Waals surface area (Å²) in [5.41, 5.74) is 0.742. The van der Waals surface area contributed by atoms with Gasteiger partial charge in [-0.25, -0.2) is 0 Å². The molecule has 1 aliphatic rings. The summed E-state index contributed by atoms with van der Waals surface area (Å²) >= 11 is 0. The highest BCUT2D eigenvalue weighted by molar-refractivity contribution is 6.00. The van der Waals surface area contributed by atoms with Crippen LogP contribution in [0.2, 0.25) is 0 Å². The molecule has 0 saturated heterocycles. The van der Waals surface area contributed by atoms with Crippen LogP contribution in [0.25, 0.3) is 0 Å². The normalized spacial score (nSPS) is 27.8. The van der Waals surface area contributed by atoms with Gasteiger partial charge in [-0.15, -0.1) is 0 Å². The van der Waals surface area contributed by atoms with Gasteiger partial charge in [-0.05, 0) is 43.2 Å². The molecule has 0 heterocycles. The number of carbonyl (C=O) groups excluding carboxylic acids is 1. The number of para-hydroxylation sites is 1. The molecular formula is C16H22O2. The molecule has 18 heavy (non-hydrogen) atoms. The molecule has 2 heteroatoms. The van der Waals surface area contributed by atoms with Crippen molar-refractivity contribution in [2.75, 3.05) is 7.11 Å². The van der Waals surface area contributed by atoms with E-state index < -0.39 is 0 Å². The summed E-state index contributed by atoms with van der Waals surface area (Å²) in [6, 6.07) is 7.56. The standard InChI is InChI=1S/C16H22O2/c1-11-8-12(2)10-13(9-11)16(17)14-6-4-5-7-15(14)18-3/h4-7,11-13H,8-10H2,1-3H3. The van der Waals surface area contributed by atoms with Gasteiger partial charge in [-0.1, -0.05) is 26.0 Å². The van der Waals surface area contributed by atoms with E-state index in [-0.39, 0.29) is 11.7 Å². The molecule has 0 radical (unpaired) electrons. The number of Topliss-reactive ketones (excluding diaryl/α,β-unsaturated/α-hetero) is 1. The highest BCUT2D eigenvalue weighted by Crippen LogP contribution is 2.36. The van der Waals surface area contributed by atoms with Crippen LogP contribution in [0.4, 0.5) is 0 Å². The van der Waals surface area contributed by atoms with Crippen LogP contribution < -0.4 is 4.74 Å². The van der Waals surface area contributed by atoms with Gasteiger partial charge in [0.05, 0.1) is 12.7 Å². The fourth-order valence-electron chi connectivity index (χ4n) is 3.23. The van der Waals surface area contributed by atoms with Gasteiger partial charge in [0.15, 0.2) is 5.78 Å². The van der Waals surface area contributed by atoms with Crippen LogP contribution in [0.15, 0.2) is 24.3 Å². The first-order valence-corrected chi connectivity index (χ1v) is 6.79. The maximum atomic E-state index is 12.6. The van der Waals surface area contributed by atoms with E-state index in [1.54, 1.807) is 7.11 Å². The van der Waals surface area contributed by atoms with Gasteiger partial charge in [-0.3, -0.25) is 4.79 Å². The van der Waals surface area contributed by atoms with E-state index in [0.29, 0.717) is 17.6 Å². The monoisotopic (exact) mass is 246 g/mol. The average molecular weight is 246 g/mol. The first-order valence-electron chi connectivity index (χ1n) is 6.79. The second-order valence-electron chi connectivity index (χ2n) is 5.68. The van der Waals surface area contributed by atoms with Crippen LogP contribution in [0.3, 0.4) is 0 Å². The molecule has 2 nitrogen and oxygen atoms in total. The number of ketones is 1. The molecule has 1 aliphatic carbocycles. The van der Waals surface area contributed by atoms with Crippen LogP contribution in [-0.2, 0) is 0 Å². The zero-order valence-corrected chi connectivity index (χ0v) is 11.5. The van der Waals surface area contributed by atoms with Crippen LogP contribution >= 0.6 is 0 Å². The Bertz CT molecular complexity index is 415. The van der Waals surface area contributed by atoms with Crippen molar-refractivity contribution in [2.24, 2.45) is 17.8 Å². The van der Waals surface area contributed by atoms with Crippen LogP contribution in [0.1, 0.15) is 43.5 Å². The van der Waals surface area contributed by atoms with Gasteiger partial charge in [0.25, 0.3) is 0 Å². The van der Waals surface area contributed by atoms with E-state index in [1.807, 2.05) is 24.3 Å². The molecular weight excluding hydrogens is 224 g/mol. The summed E-state index contributed by atoms with van der Waals surface area (Å²) in [5, 5.41) is 0. The maximum Gasteiger partial charge on any atom is 0.169 e. The minimum atomic E-state index is 0.167. The van der Waals surface area contributed by atoms with Crippen molar-refractivity contribution in [1.29, 1.82) is 0 Å². The zero-order chi connectivity index (χ0) is 13.1. The number of carbonyl (C=O) groups is 1. The third-order valence-electron chi connectivity index (χ3n) is 3.92. The first kappa shape index (κ1) is 13.1. The van der Waals surface area contributed by atoms with Crippen molar-refractivity contribution < 1.29 is 9.53 Å². The summed E-state index contributed by atoms with van der Waals surface area (Å²) in [6.45, 7) is 4.50. The van der Waals surface area contributed by atoms with Gasteiger partial charge >= 0.3 is 0 Å². The molecule has 0 spiro atoms. The number of methoxy groups -OCH3 is 1. The molecule has 2 atom stereocenters. The Morgan fingerprint density at radius 3 is 2.33 bits per heavy atom. The van der Waals surface area contributed by atoms with Gasteiger partial charge < -0.3 is 4.74 Å². The Labute approximate surface area is 109 Å². The Hall–Kier alpha value is -1.31. The second-order valence-corrected chi connectivity index (χ2v) is 5.68. The topological polar surface area (TPSA) is 26.3 Å². The molecule has 1 fully saturated rings. The van der Waals surface area contributed by atoms with Crippen molar-refractivity contribution in [3.8, 4) is 5.75 Å². The lowest BCUT2D eigenvalue weighted by Gasteiger charge is -2.30. The molecule has 0 aliphatic heterocycles. The predicted octanol–water partition coefficient (Wildman–Crippen LogP) is 3.95. The highest BCUT2D eigenvalue weighted by Gasteiger charge is 2.30. The summed E-state index contributed by atoms with van der Waals surface area (Å²) < 4.78 is 5.29. The first-order chi connectivity index (χ1) is 8.61. The summed E-state index contributed by atoms with van der Waals surface area (Å²) in [6.07, 6.45) is 3.28. The molecule has 0 amide bonds. The molecule has 1 saturated carbocycles. The molecule has 98 valence electrons. The zero-order valence-electron chi connectivity index (χ0n) is 11.5. The smallest absolute Gasteiger partial charge is 0.169 e. The molecule has 1 aromatic rings. The fourth-order valence-corrected chi connectivity index (χ4v) is 3.23. The Morgan fingerprint density at radius 1 is 1.11 bits per heavy atom. The van der Waals surface area contributed by atoms with E-state index in [2.05, 4.69) is 13.8 Å². The predicted molar refractivity (Wildman–Crippen MR) is 73.0 cm³/mol. The average Bonchev–Trinajstić information content (AvgIpc) is 2.36. The second kappa shape index (κ2) is 5.55. The fraction of sp³-hybridized carbons (Fsp3) is 0.562. The number of ether oxygens (including phenoxy) is 1.